The van der Waals surface area contributed by atoms with Crippen LogP contribution in [0.15, 0.2) is 82.7 Å². The van der Waals surface area contributed by atoms with Gasteiger partial charge in [-0.3, -0.25) is 14.5 Å². The number of halogens is 1. The van der Waals surface area contributed by atoms with Gasteiger partial charge in [-0.2, -0.15) is 0 Å². The van der Waals surface area contributed by atoms with Crippen LogP contribution >= 0.6 is 23.1 Å². The molecule has 42 heavy (non-hydrogen) atoms. The fourth-order valence-corrected chi connectivity index (χ4v) is 6.26. The number of anilines is 1. The van der Waals surface area contributed by atoms with E-state index >= 15 is 0 Å². The highest BCUT2D eigenvalue weighted by atomic mass is 32.2. The summed E-state index contributed by atoms with van der Waals surface area (Å²) in [4.78, 5) is 28.2. The Bertz CT molecular complexity index is 1610. The summed E-state index contributed by atoms with van der Waals surface area (Å²) in [5.74, 6) is -0.589. The van der Waals surface area contributed by atoms with Crippen LogP contribution in [0, 0.1) is 5.82 Å². The standard InChI is InChI=1S/C31H28FN3O5S2/c1-3-4-16-40-23-14-10-20(11-15-23)27(36)25-26(21-6-5-7-24(17-21)39-2)35(29(38)28(25)37)30-33-34-31(42-30)41-18-19-8-12-22(32)13-9-19/h5-15,17,26,36H,3-4,16,18H2,1-2H3/b27-25-. The fourth-order valence-electron chi connectivity index (χ4n) is 4.44. The van der Waals surface area contributed by atoms with Crippen molar-refractivity contribution in [3.63, 3.8) is 0 Å². The Morgan fingerprint density at radius 2 is 1.81 bits per heavy atom. The number of carbonyl (C=O) groups is 2. The van der Waals surface area contributed by atoms with Crippen LogP contribution in [0.2, 0.25) is 0 Å². The van der Waals surface area contributed by atoms with Crippen LogP contribution in [-0.2, 0) is 15.3 Å². The molecular formula is C31H28FN3O5S2. The number of unbranched alkanes of at least 4 members (excludes halogenated alkanes) is 1. The lowest BCUT2D eigenvalue weighted by Crippen LogP contribution is -2.29. The molecule has 1 saturated heterocycles. The molecule has 1 aliphatic heterocycles. The molecule has 2 heterocycles. The van der Waals surface area contributed by atoms with Crippen molar-refractivity contribution < 1.29 is 28.6 Å². The van der Waals surface area contributed by atoms with Crippen molar-refractivity contribution in [3.8, 4) is 11.5 Å². The minimum absolute atomic E-state index is 0.0661. The van der Waals surface area contributed by atoms with Crippen molar-refractivity contribution in [1.29, 1.82) is 0 Å². The fraction of sp³-hybridized carbons (Fsp3) is 0.226. The topological polar surface area (TPSA) is 102 Å². The number of aliphatic hydroxyl groups is 1. The third-order valence-corrected chi connectivity index (χ3v) is 8.75. The number of thioether (sulfide) groups is 1. The van der Waals surface area contributed by atoms with Gasteiger partial charge in [0.05, 0.1) is 25.3 Å². The summed E-state index contributed by atoms with van der Waals surface area (Å²) >= 11 is 2.54. The number of Topliss-reactive ketones (excluding diaryl/α,β-unsaturated/α-hetero) is 1. The number of hydrogen-bond donors (Lipinski definition) is 1. The average molecular weight is 606 g/mol. The van der Waals surface area contributed by atoms with E-state index < -0.39 is 17.7 Å². The summed E-state index contributed by atoms with van der Waals surface area (Å²) in [5.41, 5.74) is 1.77. The maximum atomic E-state index is 13.5. The molecule has 0 spiro atoms. The lowest BCUT2D eigenvalue weighted by Gasteiger charge is -2.23. The van der Waals surface area contributed by atoms with Gasteiger partial charge < -0.3 is 14.6 Å². The van der Waals surface area contributed by atoms with Gasteiger partial charge in [-0.15, -0.1) is 10.2 Å². The maximum absolute atomic E-state index is 13.5. The zero-order chi connectivity index (χ0) is 29.6. The van der Waals surface area contributed by atoms with Gasteiger partial charge in [-0.25, -0.2) is 4.39 Å². The van der Waals surface area contributed by atoms with Crippen LogP contribution in [0.25, 0.3) is 5.76 Å². The highest BCUT2D eigenvalue weighted by Gasteiger charge is 2.48. The summed E-state index contributed by atoms with van der Waals surface area (Å²) < 4.78 is 24.9. The van der Waals surface area contributed by atoms with Gasteiger partial charge in [0.15, 0.2) is 4.34 Å². The molecule has 1 unspecified atom stereocenters. The molecular weight excluding hydrogens is 577 g/mol. The van der Waals surface area contributed by atoms with Crippen LogP contribution in [-0.4, -0.2) is 40.7 Å². The second kappa shape index (κ2) is 13.2. The van der Waals surface area contributed by atoms with E-state index in [2.05, 4.69) is 17.1 Å². The molecule has 0 bridgehead atoms. The molecule has 1 amide bonds. The van der Waals surface area contributed by atoms with Crippen LogP contribution in [0.5, 0.6) is 11.5 Å². The summed E-state index contributed by atoms with van der Waals surface area (Å²) in [5, 5.41) is 20.1. The minimum Gasteiger partial charge on any atom is -0.507 e. The van der Waals surface area contributed by atoms with Crippen molar-refractivity contribution in [3.05, 3.63) is 101 Å². The number of methoxy groups -OCH3 is 1. The molecule has 0 saturated carbocycles. The highest BCUT2D eigenvalue weighted by Crippen LogP contribution is 2.44. The average Bonchev–Trinajstić information content (AvgIpc) is 3.58. The van der Waals surface area contributed by atoms with E-state index in [1.807, 2.05) is 0 Å². The Morgan fingerprint density at radius 1 is 1.05 bits per heavy atom. The number of ether oxygens (including phenoxy) is 2. The predicted octanol–water partition coefficient (Wildman–Crippen LogP) is 6.78. The third-order valence-electron chi connectivity index (χ3n) is 6.63. The zero-order valence-electron chi connectivity index (χ0n) is 23.0. The number of carbonyl (C=O) groups excluding carboxylic acids is 2. The van der Waals surface area contributed by atoms with Gasteiger partial charge in [0.25, 0.3) is 5.78 Å². The van der Waals surface area contributed by atoms with Gasteiger partial charge in [0.1, 0.15) is 23.1 Å². The molecule has 4 aromatic rings. The molecule has 3 aromatic carbocycles. The van der Waals surface area contributed by atoms with Crippen molar-refractivity contribution in [1.82, 2.24) is 10.2 Å². The monoisotopic (exact) mass is 605 g/mol. The van der Waals surface area contributed by atoms with Crippen LogP contribution < -0.4 is 14.4 Å². The van der Waals surface area contributed by atoms with Crippen molar-refractivity contribution in [2.24, 2.45) is 0 Å². The van der Waals surface area contributed by atoms with Gasteiger partial charge in [0.2, 0.25) is 5.13 Å². The smallest absolute Gasteiger partial charge is 0.301 e. The summed E-state index contributed by atoms with van der Waals surface area (Å²) in [6.07, 6.45) is 1.93. The normalized spacial score (nSPS) is 16.2. The number of aliphatic hydroxyl groups excluding tert-OH is 1. The lowest BCUT2D eigenvalue weighted by molar-refractivity contribution is -0.132. The number of amides is 1. The van der Waals surface area contributed by atoms with E-state index in [1.165, 1.54) is 35.9 Å². The number of aromatic nitrogens is 2. The van der Waals surface area contributed by atoms with E-state index in [1.54, 1.807) is 60.7 Å². The molecule has 216 valence electrons. The Morgan fingerprint density at radius 3 is 2.52 bits per heavy atom. The highest BCUT2D eigenvalue weighted by molar-refractivity contribution is 8.00. The number of hydrogen-bond acceptors (Lipinski definition) is 9. The van der Waals surface area contributed by atoms with Crippen molar-refractivity contribution >= 4 is 45.7 Å². The Balaban J connectivity index is 1.49. The van der Waals surface area contributed by atoms with Crippen LogP contribution in [0.4, 0.5) is 9.52 Å². The Labute approximate surface area is 250 Å². The van der Waals surface area contributed by atoms with Gasteiger partial charge >= 0.3 is 5.91 Å². The maximum Gasteiger partial charge on any atom is 0.301 e. The molecule has 1 atom stereocenters. The molecule has 5 rings (SSSR count). The molecule has 1 aromatic heterocycles. The van der Waals surface area contributed by atoms with Gasteiger partial charge in [-0.05, 0) is 66.1 Å². The number of rotatable bonds is 11. The third kappa shape index (κ3) is 6.32. The van der Waals surface area contributed by atoms with E-state index in [-0.39, 0.29) is 22.3 Å². The summed E-state index contributed by atoms with van der Waals surface area (Å²) in [7, 11) is 1.52. The molecule has 11 heteroatoms. The second-order valence-electron chi connectivity index (χ2n) is 9.44. The Kier molecular flexibility index (Phi) is 9.19. The van der Waals surface area contributed by atoms with Crippen molar-refractivity contribution in [2.75, 3.05) is 18.6 Å². The molecule has 1 aliphatic rings. The number of benzene rings is 3. The Hall–Kier alpha value is -4.22. The summed E-state index contributed by atoms with van der Waals surface area (Å²) in [6.45, 7) is 2.66. The first-order valence-corrected chi connectivity index (χ1v) is 15.1. The van der Waals surface area contributed by atoms with E-state index in [9.17, 15) is 19.1 Å². The molecule has 8 nitrogen and oxygen atoms in total. The van der Waals surface area contributed by atoms with Gasteiger partial charge in [-0.1, -0.05) is 60.7 Å². The molecule has 1 fully saturated rings. The zero-order valence-corrected chi connectivity index (χ0v) is 24.6. The van der Waals surface area contributed by atoms with E-state index in [0.717, 1.165) is 29.7 Å². The predicted molar refractivity (Wildman–Crippen MR) is 160 cm³/mol. The quantitative estimate of drug-likeness (QED) is 0.0499. The van der Waals surface area contributed by atoms with Crippen LogP contribution in [0.3, 0.4) is 0 Å². The van der Waals surface area contributed by atoms with Crippen molar-refractivity contribution in [2.45, 2.75) is 35.9 Å². The van der Waals surface area contributed by atoms with Gasteiger partial charge in [0, 0.05) is 11.3 Å². The molecule has 0 aliphatic carbocycles. The second-order valence-corrected chi connectivity index (χ2v) is 11.6. The van der Waals surface area contributed by atoms with E-state index in [4.69, 9.17) is 9.47 Å². The number of ketones is 1. The summed E-state index contributed by atoms with van der Waals surface area (Å²) in [6, 6.07) is 18.9. The minimum atomic E-state index is -0.969. The first-order chi connectivity index (χ1) is 20.4. The molecule has 0 radical (unpaired) electrons. The molecule has 1 N–H and O–H groups in total. The first kappa shape index (κ1) is 29.3. The lowest BCUT2D eigenvalue weighted by atomic mass is 9.95. The number of nitrogens with zero attached hydrogens (tertiary/aromatic N) is 3. The van der Waals surface area contributed by atoms with E-state index in [0.29, 0.717) is 39.3 Å². The van der Waals surface area contributed by atoms with Crippen LogP contribution in [0.1, 0.15) is 42.5 Å². The largest absolute Gasteiger partial charge is 0.507 e. The first-order valence-electron chi connectivity index (χ1n) is 13.3. The SMILES string of the molecule is CCCCOc1ccc(/C(O)=C2/C(=O)C(=O)N(c3nnc(SCc4ccc(F)cc4)s3)C2c2cccc(OC)c2)cc1.